The maximum Gasteiger partial charge on any atom is 0.642 e. The fourth-order valence-electron chi connectivity index (χ4n) is 0.123. The Hall–Kier alpha value is 0.0949. The fraction of sp³-hybridized carbons (Fsp3) is 1.00. The highest BCUT2D eigenvalue weighted by atomic mass is 31.2. The van der Waals surface area contributed by atoms with E-state index < -0.39 is 15.1 Å². The van der Waals surface area contributed by atoms with Gasteiger partial charge in [-0.2, -0.15) is 0 Å². The first-order chi connectivity index (χ1) is 5.42. The molecule has 0 rings (SSSR count). The highest BCUT2D eigenvalue weighted by molar-refractivity contribution is 7.47. The molecule has 4 N–H and O–H groups in total. The van der Waals surface area contributed by atoms with Gasteiger partial charge in [0.05, 0.1) is 0 Å². The summed E-state index contributed by atoms with van der Waals surface area (Å²) in [6, 6.07) is 0. The highest BCUT2D eigenvalue weighted by Crippen LogP contribution is 2.35. The largest absolute Gasteiger partial charge is 0.642 e. The minimum absolute atomic E-state index is 0.500. The Labute approximate surface area is 78.0 Å². The molecule has 0 aliphatic rings. The first-order valence-electron chi connectivity index (χ1n) is 3.52. The summed E-state index contributed by atoms with van der Waals surface area (Å²) in [5.74, 6) is 0. The molecule has 0 amide bonds. The van der Waals surface area contributed by atoms with Crippen LogP contribution in [0, 0.1) is 5.41 Å². The van der Waals surface area contributed by atoms with Crippen molar-refractivity contribution < 1.29 is 28.8 Å². The van der Waals surface area contributed by atoms with Crippen LogP contribution in [0.5, 0.6) is 0 Å². The van der Waals surface area contributed by atoms with Crippen molar-refractivity contribution in [2.45, 2.75) is 27.7 Å². The molecular weight excluding hydrogens is 198 g/mol. The molecule has 8 heteroatoms. The zero-order valence-corrected chi connectivity index (χ0v) is 9.02. The molecule has 0 aliphatic carbocycles. The average Bonchev–Trinajstić information content (AvgIpc) is 1.47. The summed E-state index contributed by atoms with van der Waals surface area (Å²) in [7, 11) is -7.14. The van der Waals surface area contributed by atoms with Crippen molar-refractivity contribution in [3.8, 4) is 0 Å². The van der Waals surface area contributed by atoms with E-state index in [1.54, 1.807) is 0 Å². The minimum atomic E-state index is -4.72. The van der Waals surface area contributed by atoms with Crippen LogP contribution in [0.4, 0.5) is 0 Å². The van der Waals surface area contributed by atoms with Crippen LogP contribution in [0.2, 0.25) is 0 Å². The lowest BCUT2D eigenvalue weighted by Crippen LogP contribution is -2.14. The summed E-state index contributed by atoms with van der Waals surface area (Å²) < 4.78 is 12.8. The molecule has 0 aromatic heterocycles. The molecule has 6 nitrogen and oxygen atoms in total. The molecule has 13 heavy (non-hydrogen) atoms. The van der Waals surface area contributed by atoms with Crippen LogP contribution in [0.3, 0.4) is 0 Å². The van der Waals surface area contributed by atoms with E-state index >= 15 is 0 Å². The quantitative estimate of drug-likeness (QED) is 0.384. The minimum Gasteiger partial charge on any atom is -0.401 e. The Morgan fingerprint density at radius 1 is 1.15 bits per heavy atom. The SMILES string of the molecule is CC(C)(C)C.O=P(O)(O)OB(O)O. The predicted molar refractivity (Wildman–Crippen MR) is 48.4 cm³/mol. The second kappa shape index (κ2) is 5.75. The smallest absolute Gasteiger partial charge is 0.401 e. The van der Waals surface area contributed by atoms with Crippen molar-refractivity contribution in [3.05, 3.63) is 0 Å². The molecule has 0 atom stereocenters. The van der Waals surface area contributed by atoms with Crippen LogP contribution in [-0.4, -0.2) is 27.2 Å². The first-order valence-corrected chi connectivity index (χ1v) is 5.05. The molecule has 0 bridgehead atoms. The second-order valence-corrected chi connectivity index (χ2v) is 5.11. The van der Waals surface area contributed by atoms with Gasteiger partial charge in [-0.15, -0.1) is 0 Å². The Balaban J connectivity index is 0. The molecule has 0 fully saturated rings. The van der Waals surface area contributed by atoms with Gasteiger partial charge in [0, 0.05) is 0 Å². The number of rotatable bonds is 2. The Kier molecular flexibility index (Phi) is 6.88. The normalized spacial score (nSPS) is 11.7. The third kappa shape index (κ3) is 47.5. The average molecular weight is 214 g/mol. The summed E-state index contributed by atoms with van der Waals surface area (Å²) in [6.45, 7) is 8.75. The molecule has 0 aromatic carbocycles. The van der Waals surface area contributed by atoms with Crippen LogP contribution in [0.1, 0.15) is 27.7 Å². The van der Waals surface area contributed by atoms with Gasteiger partial charge >= 0.3 is 15.1 Å². The molecular formula is C5H16BO6P. The van der Waals surface area contributed by atoms with Gasteiger partial charge in [-0.1, -0.05) is 27.7 Å². The Morgan fingerprint density at radius 2 is 1.38 bits per heavy atom. The van der Waals surface area contributed by atoms with E-state index in [1.807, 2.05) is 0 Å². The van der Waals surface area contributed by atoms with Crippen molar-refractivity contribution in [2.75, 3.05) is 0 Å². The van der Waals surface area contributed by atoms with E-state index in [0.717, 1.165) is 0 Å². The van der Waals surface area contributed by atoms with E-state index in [0.29, 0.717) is 5.41 Å². The van der Waals surface area contributed by atoms with Gasteiger partial charge in [0.15, 0.2) is 0 Å². The van der Waals surface area contributed by atoms with Crippen LogP contribution < -0.4 is 0 Å². The van der Waals surface area contributed by atoms with Crippen molar-refractivity contribution in [1.29, 1.82) is 0 Å². The Morgan fingerprint density at radius 3 is 1.38 bits per heavy atom. The van der Waals surface area contributed by atoms with Gasteiger partial charge in [-0.05, 0) is 5.41 Å². The van der Waals surface area contributed by atoms with E-state index in [-0.39, 0.29) is 0 Å². The Bertz CT molecular complexity index is 164. The summed E-state index contributed by atoms with van der Waals surface area (Å²) in [5.41, 5.74) is 0.500. The predicted octanol–water partition coefficient (Wildman–Crippen LogP) is 0.118. The monoisotopic (exact) mass is 214 g/mol. The standard InChI is InChI=1S/C5H12.BH4O6P/c1-5(2,3)4;2-1(3)7-8(4,5)6/h1-4H3;2-3H,(H2,4,5,6). The molecule has 0 aliphatic heterocycles. The first kappa shape index (κ1) is 15.6. The molecule has 0 unspecified atom stereocenters. The lowest BCUT2D eigenvalue weighted by Gasteiger charge is -2.05. The lowest BCUT2D eigenvalue weighted by molar-refractivity contribution is 0.219. The lowest BCUT2D eigenvalue weighted by atomic mass is 10.0. The highest BCUT2D eigenvalue weighted by Gasteiger charge is 2.23. The summed E-state index contributed by atoms with van der Waals surface area (Å²) >= 11 is 0. The second-order valence-electron chi connectivity index (χ2n) is 3.92. The third-order valence-electron chi connectivity index (χ3n) is 0.232. The van der Waals surface area contributed by atoms with Crippen molar-refractivity contribution in [2.24, 2.45) is 5.41 Å². The molecule has 0 spiro atoms. The molecule has 0 heterocycles. The van der Waals surface area contributed by atoms with Gasteiger partial charge < -0.3 is 19.8 Å². The van der Waals surface area contributed by atoms with Gasteiger partial charge in [0.25, 0.3) is 0 Å². The molecule has 0 radical (unpaired) electrons. The number of hydrogen-bond acceptors (Lipinski definition) is 4. The van der Waals surface area contributed by atoms with Gasteiger partial charge in [-0.3, -0.25) is 4.44 Å². The van der Waals surface area contributed by atoms with E-state index in [1.165, 1.54) is 0 Å². The van der Waals surface area contributed by atoms with Crippen LogP contribution >= 0.6 is 7.82 Å². The molecule has 0 aromatic rings. The summed E-state index contributed by atoms with van der Waals surface area (Å²) in [6.07, 6.45) is 0. The summed E-state index contributed by atoms with van der Waals surface area (Å²) in [5, 5.41) is 15.5. The van der Waals surface area contributed by atoms with Crippen LogP contribution in [0.15, 0.2) is 0 Å². The number of hydrogen-bond donors (Lipinski definition) is 4. The van der Waals surface area contributed by atoms with Crippen LogP contribution in [-0.2, 0) is 9.01 Å². The molecule has 0 saturated heterocycles. The maximum absolute atomic E-state index is 9.59. The maximum atomic E-state index is 9.59. The van der Waals surface area contributed by atoms with Gasteiger partial charge in [0.1, 0.15) is 0 Å². The van der Waals surface area contributed by atoms with E-state index in [9.17, 15) is 4.57 Å². The number of phosphoric acid groups is 1. The topological polar surface area (TPSA) is 107 Å². The van der Waals surface area contributed by atoms with Crippen LogP contribution in [0.25, 0.3) is 0 Å². The van der Waals surface area contributed by atoms with Crippen molar-refractivity contribution in [3.63, 3.8) is 0 Å². The van der Waals surface area contributed by atoms with Crippen molar-refractivity contribution in [1.82, 2.24) is 0 Å². The zero-order chi connectivity index (χ0) is 11.3. The van der Waals surface area contributed by atoms with Gasteiger partial charge in [-0.25, -0.2) is 4.57 Å². The van der Waals surface area contributed by atoms with E-state index in [2.05, 4.69) is 32.1 Å². The van der Waals surface area contributed by atoms with Crippen molar-refractivity contribution >= 4 is 15.1 Å². The zero-order valence-electron chi connectivity index (χ0n) is 8.13. The third-order valence-corrected chi connectivity index (χ3v) is 0.695. The van der Waals surface area contributed by atoms with E-state index in [4.69, 9.17) is 19.8 Å². The summed E-state index contributed by atoms with van der Waals surface area (Å²) in [4.78, 5) is 15.5. The van der Waals surface area contributed by atoms with Gasteiger partial charge in [0.2, 0.25) is 0 Å². The molecule has 80 valence electrons. The molecule has 0 saturated carbocycles. The fourth-order valence-corrected chi connectivity index (χ4v) is 0.368.